The molecule has 23 heavy (non-hydrogen) atoms. The fourth-order valence-electron chi connectivity index (χ4n) is 2.27. The van der Waals surface area contributed by atoms with Gasteiger partial charge in [-0.25, -0.2) is 4.79 Å². The zero-order chi connectivity index (χ0) is 16.1. The third-order valence-corrected chi connectivity index (χ3v) is 3.44. The van der Waals surface area contributed by atoms with Crippen LogP contribution in [0, 0.1) is 0 Å². The Morgan fingerprint density at radius 2 is 1.83 bits per heavy atom. The standard InChI is InChI=1S/C17H18N2O4/c20-14(11-18-17(21)19-13-4-2-1-3-5-13)12-6-7-15-16(10-12)23-9-8-22-15/h1-7,10,14,20H,8-9,11H2,(H2,18,19,21). The smallest absolute Gasteiger partial charge is 0.319 e. The van der Waals surface area contributed by atoms with Crippen molar-refractivity contribution < 1.29 is 19.4 Å². The Kier molecular flexibility index (Phi) is 4.63. The summed E-state index contributed by atoms with van der Waals surface area (Å²) in [5.41, 5.74) is 1.35. The summed E-state index contributed by atoms with van der Waals surface area (Å²) < 4.78 is 10.9. The minimum Gasteiger partial charge on any atom is -0.486 e. The molecule has 1 aliphatic rings. The van der Waals surface area contributed by atoms with Crippen molar-refractivity contribution in [3.05, 3.63) is 54.1 Å². The second-order valence-electron chi connectivity index (χ2n) is 5.12. The molecule has 1 heterocycles. The van der Waals surface area contributed by atoms with Crippen molar-refractivity contribution in [3.63, 3.8) is 0 Å². The average Bonchev–Trinajstić information content (AvgIpc) is 2.60. The summed E-state index contributed by atoms with van der Waals surface area (Å²) in [6.45, 7) is 1.11. The van der Waals surface area contributed by atoms with E-state index in [0.717, 1.165) is 0 Å². The minimum atomic E-state index is -0.827. The number of urea groups is 1. The first-order chi connectivity index (χ1) is 11.2. The van der Waals surface area contributed by atoms with Crippen LogP contribution in [-0.4, -0.2) is 30.9 Å². The molecule has 2 aromatic rings. The summed E-state index contributed by atoms with van der Waals surface area (Å²) in [5.74, 6) is 1.28. The number of para-hydroxylation sites is 1. The Balaban J connectivity index is 1.54. The molecule has 0 aliphatic carbocycles. The van der Waals surface area contributed by atoms with E-state index < -0.39 is 6.10 Å². The van der Waals surface area contributed by atoms with Crippen LogP contribution in [0.4, 0.5) is 10.5 Å². The molecule has 1 aliphatic heterocycles. The Morgan fingerprint density at radius 1 is 1.09 bits per heavy atom. The van der Waals surface area contributed by atoms with Crippen molar-refractivity contribution in [1.82, 2.24) is 5.32 Å². The molecule has 3 rings (SSSR count). The second kappa shape index (κ2) is 7.02. The molecule has 1 atom stereocenters. The summed E-state index contributed by atoms with van der Waals surface area (Å²) in [6.07, 6.45) is -0.827. The van der Waals surface area contributed by atoms with Crippen LogP contribution < -0.4 is 20.1 Å². The maximum absolute atomic E-state index is 11.8. The Labute approximate surface area is 134 Å². The Hall–Kier alpha value is -2.73. The second-order valence-corrected chi connectivity index (χ2v) is 5.12. The molecule has 0 bridgehead atoms. The number of carbonyl (C=O) groups is 1. The molecule has 0 aromatic heterocycles. The lowest BCUT2D eigenvalue weighted by Gasteiger charge is -2.20. The fraction of sp³-hybridized carbons (Fsp3) is 0.235. The van der Waals surface area contributed by atoms with Crippen LogP contribution in [0.5, 0.6) is 11.5 Å². The van der Waals surface area contributed by atoms with E-state index in [1.807, 2.05) is 18.2 Å². The van der Waals surface area contributed by atoms with Crippen molar-refractivity contribution in [2.45, 2.75) is 6.10 Å². The molecule has 6 nitrogen and oxygen atoms in total. The molecular weight excluding hydrogens is 296 g/mol. The van der Waals surface area contributed by atoms with Gasteiger partial charge in [0.2, 0.25) is 0 Å². The van der Waals surface area contributed by atoms with Crippen molar-refractivity contribution in [2.24, 2.45) is 0 Å². The van der Waals surface area contributed by atoms with Gasteiger partial charge in [0.25, 0.3) is 0 Å². The highest BCUT2D eigenvalue weighted by molar-refractivity contribution is 5.89. The maximum Gasteiger partial charge on any atom is 0.319 e. The zero-order valence-corrected chi connectivity index (χ0v) is 12.5. The lowest BCUT2D eigenvalue weighted by Crippen LogP contribution is -2.32. The van der Waals surface area contributed by atoms with Gasteiger partial charge in [0.05, 0.1) is 6.10 Å². The van der Waals surface area contributed by atoms with Gasteiger partial charge < -0.3 is 25.2 Å². The molecular formula is C17H18N2O4. The zero-order valence-electron chi connectivity index (χ0n) is 12.5. The van der Waals surface area contributed by atoms with E-state index in [1.165, 1.54) is 0 Å². The molecule has 0 fully saturated rings. The van der Waals surface area contributed by atoms with Crippen molar-refractivity contribution >= 4 is 11.7 Å². The quantitative estimate of drug-likeness (QED) is 0.809. The van der Waals surface area contributed by atoms with Crippen LogP contribution in [0.3, 0.4) is 0 Å². The SMILES string of the molecule is O=C(NCC(O)c1ccc2c(c1)OCCO2)Nc1ccccc1. The predicted molar refractivity (Wildman–Crippen MR) is 85.9 cm³/mol. The summed E-state index contributed by atoms with van der Waals surface area (Å²) in [7, 11) is 0. The minimum absolute atomic E-state index is 0.0955. The lowest BCUT2D eigenvalue weighted by molar-refractivity contribution is 0.163. The molecule has 6 heteroatoms. The third kappa shape index (κ3) is 3.92. The lowest BCUT2D eigenvalue weighted by atomic mass is 10.1. The van der Waals surface area contributed by atoms with Gasteiger partial charge in [0, 0.05) is 12.2 Å². The first kappa shape index (κ1) is 15.2. The van der Waals surface area contributed by atoms with E-state index in [-0.39, 0.29) is 12.6 Å². The number of anilines is 1. The number of carbonyl (C=O) groups excluding carboxylic acids is 1. The number of nitrogens with one attached hydrogen (secondary N) is 2. The van der Waals surface area contributed by atoms with Gasteiger partial charge in [-0.3, -0.25) is 0 Å². The highest BCUT2D eigenvalue weighted by Gasteiger charge is 2.16. The van der Waals surface area contributed by atoms with Gasteiger partial charge in [-0.1, -0.05) is 24.3 Å². The number of ether oxygens (including phenoxy) is 2. The van der Waals surface area contributed by atoms with Crippen LogP contribution in [0.15, 0.2) is 48.5 Å². The summed E-state index contributed by atoms with van der Waals surface area (Å²) in [5, 5.41) is 15.5. The van der Waals surface area contributed by atoms with E-state index in [2.05, 4.69) is 10.6 Å². The first-order valence-electron chi connectivity index (χ1n) is 7.40. The van der Waals surface area contributed by atoms with Crippen LogP contribution >= 0.6 is 0 Å². The number of hydrogen-bond donors (Lipinski definition) is 3. The highest BCUT2D eigenvalue weighted by Crippen LogP contribution is 2.32. The van der Waals surface area contributed by atoms with E-state index >= 15 is 0 Å². The topological polar surface area (TPSA) is 79.8 Å². The molecule has 0 saturated carbocycles. The Morgan fingerprint density at radius 3 is 2.61 bits per heavy atom. The van der Waals surface area contributed by atoms with Crippen molar-refractivity contribution in [3.8, 4) is 11.5 Å². The number of aliphatic hydroxyl groups is 1. The number of rotatable bonds is 4. The van der Waals surface area contributed by atoms with E-state index in [4.69, 9.17) is 9.47 Å². The number of fused-ring (bicyclic) bond motifs is 1. The van der Waals surface area contributed by atoms with Gasteiger partial charge in [-0.15, -0.1) is 0 Å². The molecule has 120 valence electrons. The monoisotopic (exact) mass is 314 g/mol. The molecule has 3 N–H and O–H groups in total. The van der Waals surface area contributed by atoms with Crippen LogP contribution in [-0.2, 0) is 0 Å². The average molecular weight is 314 g/mol. The van der Waals surface area contributed by atoms with Gasteiger partial charge in [0.15, 0.2) is 11.5 Å². The maximum atomic E-state index is 11.8. The summed E-state index contributed by atoms with van der Waals surface area (Å²) >= 11 is 0. The van der Waals surface area contributed by atoms with E-state index in [0.29, 0.717) is 36.0 Å². The number of aliphatic hydroxyl groups excluding tert-OH is 1. The van der Waals surface area contributed by atoms with Crippen LogP contribution in [0.1, 0.15) is 11.7 Å². The molecule has 2 aromatic carbocycles. The molecule has 1 unspecified atom stereocenters. The van der Waals surface area contributed by atoms with Gasteiger partial charge in [-0.05, 0) is 29.8 Å². The molecule has 2 amide bonds. The van der Waals surface area contributed by atoms with Gasteiger partial charge in [-0.2, -0.15) is 0 Å². The number of benzene rings is 2. The van der Waals surface area contributed by atoms with Crippen molar-refractivity contribution in [1.29, 1.82) is 0 Å². The summed E-state index contributed by atoms with van der Waals surface area (Å²) in [6, 6.07) is 14.0. The van der Waals surface area contributed by atoms with Crippen molar-refractivity contribution in [2.75, 3.05) is 25.1 Å². The molecule has 0 saturated heterocycles. The molecule has 0 spiro atoms. The van der Waals surface area contributed by atoms with E-state index in [1.54, 1.807) is 30.3 Å². The fourth-order valence-corrected chi connectivity index (χ4v) is 2.27. The van der Waals surface area contributed by atoms with E-state index in [9.17, 15) is 9.90 Å². The molecule has 0 radical (unpaired) electrons. The van der Waals surface area contributed by atoms with Crippen LogP contribution in [0.2, 0.25) is 0 Å². The first-order valence-corrected chi connectivity index (χ1v) is 7.40. The largest absolute Gasteiger partial charge is 0.486 e. The normalized spacial score (nSPS) is 14.0. The predicted octanol–water partition coefficient (Wildman–Crippen LogP) is 2.31. The number of amides is 2. The third-order valence-electron chi connectivity index (χ3n) is 3.44. The highest BCUT2D eigenvalue weighted by atomic mass is 16.6. The Bertz CT molecular complexity index is 676. The van der Waals surface area contributed by atoms with Gasteiger partial charge in [0.1, 0.15) is 13.2 Å². The summed E-state index contributed by atoms with van der Waals surface area (Å²) in [4.78, 5) is 11.8. The van der Waals surface area contributed by atoms with Gasteiger partial charge >= 0.3 is 6.03 Å². The van der Waals surface area contributed by atoms with Crippen LogP contribution in [0.25, 0.3) is 0 Å². The number of hydrogen-bond acceptors (Lipinski definition) is 4.